The van der Waals surface area contributed by atoms with Crippen LogP contribution in [-0.4, -0.2) is 35.3 Å². The number of nitrogens with one attached hydrogen (secondary N) is 1. The Bertz CT molecular complexity index is 1310. The van der Waals surface area contributed by atoms with Gasteiger partial charge in [0.05, 0.1) is 6.10 Å². The molecule has 0 unspecified atom stereocenters. The molecule has 0 radical (unpaired) electrons. The molecule has 3 nitrogen and oxygen atoms in total. The predicted octanol–water partition coefficient (Wildman–Crippen LogP) is 7.09. The molecule has 214 valence electrons. The lowest BCUT2D eigenvalue weighted by atomic mass is 9.79. The molecule has 1 aliphatic rings. The lowest BCUT2D eigenvalue weighted by Crippen LogP contribution is -2.65. The van der Waals surface area contributed by atoms with Gasteiger partial charge in [0.2, 0.25) is 0 Å². The number of hydrogen-bond donors (Lipinski definition) is 1. The molecule has 1 saturated heterocycles. The van der Waals surface area contributed by atoms with Gasteiger partial charge in [-0.25, -0.2) is 0 Å². The average Bonchev–Trinajstić information content (AvgIpc) is 3.45. The van der Waals surface area contributed by atoms with Crippen LogP contribution >= 0.6 is 0 Å². The summed E-state index contributed by atoms with van der Waals surface area (Å²) in [5, 5.41) is 6.61. The zero-order chi connectivity index (χ0) is 29.1. The molecule has 1 aliphatic heterocycles. The van der Waals surface area contributed by atoms with Crippen LogP contribution in [-0.2, 0) is 14.5 Å². The van der Waals surface area contributed by atoms with E-state index in [0.717, 1.165) is 13.0 Å². The lowest BCUT2D eigenvalue weighted by Gasteiger charge is -2.47. The second-order valence-corrected chi connectivity index (χ2v) is 21.2. The highest BCUT2D eigenvalue weighted by atomic mass is 28.4. The zero-order valence-corrected chi connectivity index (χ0v) is 27.4. The first-order valence-electron chi connectivity index (χ1n) is 14.9. The van der Waals surface area contributed by atoms with E-state index in [2.05, 4.69) is 167 Å². The average molecular weight is 580 g/mol. The van der Waals surface area contributed by atoms with E-state index in [4.69, 9.17) is 8.85 Å². The van der Waals surface area contributed by atoms with Gasteiger partial charge in [-0.05, 0) is 52.6 Å². The highest BCUT2D eigenvalue weighted by molar-refractivity contribution is 6.96. The predicted molar refractivity (Wildman–Crippen MR) is 177 cm³/mol. The Hall–Kier alpha value is -2.81. The molecule has 0 saturated carbocycles. The normalized spacial score (nSPS) is 18.4. The Morgan fingerprint density at radius 2 is 1.05 bits per heavy atom. The Morgan fingerprint density at radius 1 is 0.634 bits per heavy atom. The first-order chi connectivity index (χ1) is 19.6. The number of hydrogen-bond acceptors (Lipinski definition) is 3. The lowest BCUT2D eigenvalue weighted by molar-refractivity contribution is 0.0627. The smallest absolute Gasteiger partial charge is 0.254 e. The van der Waals surface area contributed by atoms with Crippen LogP contribution in [0.5, 0.6) is 0 Å². The van der Waals surface area contributed by atoms with Gasteiger partial charge in [-0.3, -0.25) is 0 Å². The molecule has 0 bridgehead atoms. The molecule has 5 rings (SSSR count). The minimum absolute atomic E-state index is 0.0290. The first kappa shape index (κ1) is 29.7. The maximum Gasteiger partial charge on any atom is 0.254 e. The summed E-state index contributed by atoms with van der Waals surface area (Å²) in [6, 6.07) is 43.4. The van der Waals surface area contributed by atoms with Crippen molar-refractivity contribution in [1.82, 2.24) is 5.32 Å². The molecule has 1 heterocycles. The fourth-order valence-electron chi connectivity index (χ4n) is 5.94. The molecule has 0 spiro atoms. The van der Waals surface area contributed by atoms with E-state index in [1.54, 1.807) is 0 Å². The summed E-state index contributed by atoms with van der Waals surface area (Å²) in [5.41, 5.74) is 1.62. The van der Waals surface area contributed by atoms with E-state index >= 15 is 0 Å². The molecule has 1 fully saturated rings. The first-order valence-corrected chi connectivity index (χ1v) is 20.2. The summed E-state index contributed by atoms with van der Waals surface area (Å²) in [7, 11) is -4.68. The van der Waals surface area contributed by atoms with Crippen molar-refractivity contribution < 1.29 is 8.85 Å². The van der Waals surface area contributed by atoms with Gasteiger partial charge in [-0.2, -0.15) is 0 Å². The van der Waals surface area contributed by atoms with Crippen molar-refractivity contribution in [2.24, 2.45) is 0 Å². The molecular formula is C36H45NO2Si2. The highest BCUT2D eigenvalue weighted by Gasteiger charge is 2.53. The van der Waals surface area contributed by atoms with Gasteiger partial charge in [-0.1, -0.05) is 142 Å². The molecule has 0 aliphatic carbocycles. The molecular weight excluding hydrogens is 535 g/mol. The van der Waals surface area contributed by atoms with Crippen LogP contribution in [0, 0.1) is 0 Å². The summed E-state index contributed by atoms with van der Waals surface area (Å²) in [5.74, 6) is 0. The minimum atomic E-state index is -2.74. The van der Waals surface area contributed by atoms with Gasteiger partial charge in [0.25, 0.3) is 8.32 Å². The largest absolute Gasteiger partial charge is 0.413 e. The van der Waals surface area contributed by atoms with Crippen LogP contribution in [0.4, 0.5) is 0 Å². The maximum absolute atomic E-state index is 7.93. The SMILES string of the molecule is CC(C)(C)[Si](C)(C)O[C@@H]1CN[C@H](C(O[Si](C)(c2ccccc2)c2ccccc2)(c2ccccc2)c2ccccc2)C1. The maximum atomic E-state index is 7.93. The van der Waals surface area contributed by atoms with E-state index < -0.39 is 22.2 Å². The van der Waals surface area contributed by atoms with Crippen LogP contribution in [0.15, 0.2) is 121 Å². The monoisotopic (exact) mass is 579 g/mol. The molecule has 5 heteroatoms. The van der Waals surface area contributed by atoms with Crippen molar-refractivity contribution in [3.8, 4) is 0 Å². The molecule has 2 atom stereocenters. The van der Waals surface area contributed by atoms with E-state index in [1.165, 1.54) is 21.5 Å². The van der Waals surface area contributed by atoms with Crippen molar-refractivity contribution >= 4 is 27.0 Å². The fourth-order valence-corrected chi connectivity index (χ4v) is 10.6. The van der Waals surface area contributed by atoms with Crippen molar-refractivity contribution in [2.75, 3.05) is 6.54 Å². The van der Waals surface area contributed by atoms with Crippen LogP contribution in [0.2, 0.25) is 24.7 Å². The van der Waals surface area contributed by atoms with Crippen LogP contribution in [0.1, 0.15) is 38.3 Å². The highest BCUT2D eigenvalue weighted by Crippen LogP contribution is 2.44. The fraction of sp³-hybridized carbons (Fsp3) is 0.333. The third-order valence-corrected chi connectivity index (χ3v) is 17.4. The summed E-state index contributed by atoms with van der Waals surface area (Å²) < 4.78 is 14.9. The summed E-state index contributed by atoms with van der Waals surface area (Å²) in [6.07, 6.45) is 1.02. The minimum Gasteiger partial charge on any atom is -0.413 e. The third-order valence-electron chi connectivity index (χ3n) is 9.27. The molecule has 4 aromatic rings. The summed E-state index contributed by atoms with van der Waals surface area (Å²) in [6.45, 7) is 14.8. The second-order valence-electron chi connectivity index (χ2n) is 13.0. The standard InChI is InChI=1S/C36H45NO2Si2/c1-35(2,3)40(4,5)38-31-27-34(37-28-31)36(29-19-11-7-12-20-29,30-21-13-8-14-22-30)39-41(6,32-23-15-9-16-24-32)33-25-17-10-18-26-33/h7-26,31,34,37H,27-28H2,1-6H3/t31-,34-/m0/s1. The second kappa shape index (κ2) is 11.8. The van der Waals surface area contributed by atoms with E-state index in [9.17, 15) is 0 Å². The van der Waals surface area contributed by atoms with Crippen LogP contribution in [0.3, 0.4) is 0 Å². The third kappa shape index (κ3) is 5.92. The van der Waals surface area contributed by atoms with Crippen LogP contribution < -0.4 is 15.7 Å². The molecule has 0 amide bonds. The molecule has 4 aromatic carbocycles. The topological polar surface area (TPSA) is 30.5 Å². The van der Waals surface area contributed by atoms with E-state index in [0.29, 0.717) is 0 Å². The van der Waals surface area contributed by atoms with Crippen LogP contribution in [0.25, 0.3) is 0 Å². The van der Waals surface area contributed by atoms with Gasteiger partial charge < -0.3 is 14.2 Å². The number of rotatable bonds is 9. The van der Waals surface area contributed by atoms with Crippen molar-refractivity contribution in [3.63, 3.8) is 0 Å². The van der Waals surface area contributed by atoms with Gasteiger partial charge >= 0.3 is 0 Å². The molecule has 0 aromatic heterocycles. The molecule has 41 heavy (non-hydrogen) atoms. The Morgan fingerprint density at radius 3 is 1.46 bits per heavy atom. The summed E-state index contributed by atoms with van der Waals surface area (Å²) >= 11 is 0. The Balaban J connectivity index is 1.68. The van der Waals surface area contributed by atoms with Gasteiger partial charge in [0.15, 0.2) is 8.32 Å². The van der Waals surface area contributed by atoms with Gasteiger partial charge in [-0.15, -0.1) is 0 Å². The van der Waals surface area contributed by atoms with E-state index in [-0.39, 0.29) is 17.2 Å². The van der Waals surface area contributed by atoms with Crippen molar-refractivity contribution in [3.05, 3.63) is 132 Å². The zero-order valence-electron chi connectivity index (χ0n) is 25.4. The van der Waals surface area contributed by atoms with Crippen molar-refractivity contribution in [1.29, 1.82) is 0 Å². The number of benzene rings is 4. The Kier molecular flexibility index (Phi) is 8.56. The quantitative estimate of drug-likeness (QED) is 0.215. The van der Waals surface area contributed by atoms with Gasteiger partial charge in [0.1, 0.15) is 5.60 Å². The van der Waals surface area contributed by atoms with Gasteiger partial charge in [0, 0.05) is 12.6 Å². The molecule has 1 N–H and O–H groups in total. The van der Waals surface area contributed by atoms with E-state index in [1.807, 2.05) is 0 Å². The Labute approximate surface area is 249 Å². The van der Waals surface area contributed by atoms with Crippen molar-refractivity contribution in [2.45, 2.75) is 69.6 Å². The summed E-state index contributed by atoms with van der Waals surface area (Å²) in [4.78, 5) is 0.